The predicted molar refractivity (Wildman–Crippen MR) is 109 cm³/mol. The number of anilines is 3. The summed E-state index contributed by atoms with van der Waals surface area (Å²) in [7, 11) is 0. The molecule has 2 saturated heterocycles. The van der Waals surface area contributed by atoms with Crippen molar-refractivity contribution in [3.05, 3.63) is 49.1 Å². The molecule has 142 valence electrons. The number of pyridine rings is 1. The second kappa shape index (κ2) is 7.05. The minimum atomic E-state index is -0.365. The molecule has 2 fully saturated rings. The number of aromatic nitrogens is 3. The van der Waals surface area contributed by atoms with E-state index < -0.39 is 0 Å². The number of amides is 2. The summed E-state index contributed by atoms with van der Waals surface area (Å²) < 4.78 is 0. The Morgan fingerprint density at radius 3 is 2.93 bits per heavy atom. The number of urea groups is 1. The maximum atomic E-state index is 12.3. The van der Waals surface area contributed by atoms with E-state index in [9.17, 15) is 4.79 Å². The van der Waals surface area contributed by atoms with E-state index in [4.69, 9.17) is 0 Å². The highest BCUT2D eigenvalue weighted by Crippen LogP contribution is 2.32. The molecule has 2 aliphatic rings. The molecule has 2 atom stereocenters. The fraction of sp³-hybridized carbons (Fsp3) is 0.300. The van der Waals surface area contributed by atoms with Gasteiger partial charge < -0.3 is 15.5 Å². The standard InChI is InChI=1S/C20H21N7O/c28-20(26-19-10-21-7-8-24-19)25-16-4-6-22-17-9-14(1-2-15(16)17)27-11-13-3-5-23-18(13)12-27/h1-2,4,6-10,13,18,23H,3,5,11-12H2,(H2,22,24,25,26,28). The fourth-order valence-electron chi connectivity index (χ4n) is 4.14. The lowest BCUT2D eigenvalue weighted by molar-refractivity contribution is 0.262. The van der Waals surface area contributed by atoms with Gasteiger partial charge in [0.1, 0.15) is 0 Å². The third-order valence-electron chi connectivity index (χ3n) is 5.51. The van der Waals surface area contributed by atoms with Crippen LogP contribution >= 0.6 is 0 Å². The van der Waals surface area contributed by atoms with Crippen molar-refractivity contribution >= 4 is 34.1 Å². The van der Waals surface area contributed by atoms with E-state index in [2.05, 4.69) is 47.9 Å². The van der Waals surface area contributed by atoms with Crippen molar-refractivity contribution in [3.63, 3.8) is 0 Å². The zero-order chi connectivity index (χ0) is 18.9. The summed E-state index contributed by atoms with van der Waals surface area (Å²) in [5.74, 6) is 1.13. The normalized spacial score (nSPS) is 20.9. The van der Waals surface area contributed by atoms with Crippen LogP contribution in [0.2, 0.25) is 0 Å². The van der Waals surface area contributed by atoms with Gasteiger partial charge in [0, 0.05) is 48.8 Å². The van der Waals surface area contributed by atoms with E-state index in [1.54, 1.807) is 18.5 Å². The molecule has 4 heterocycles. The quantitative estimate of drug-likeness (QED) is 0.651. The Kier molecular flexibility index (Phi) is 4.25. The van der Waals surface area contributed by atoms with Gasteiger partial charge in [-0.2, -0.15) is 0 Å². The lowest BCUT2D eigenvalue weighted by Gasteiger charge is -2.20. The first-order valence-electron chi connectivity index (χ1n) is 9.47. The first-order valence-corrected chi connectivity index (χ1v) is 9.47. The Morgan fingerprint density at radius 2 is 2.07 bits per heavy atom. The Bertz CT molecular complexity index is 998. The first-order chi connectivity index (χ1) is 13.8. The van der Waals surface area contributed by atoms with Crippen molar-refractivity contribution < 1.29 is 4.79 Å². The molecule has 2 unspecified atom stereocenters. The Morgan fingerprint density at radius 1 is 1.11 bits per heavy atom. The average molecular weight is 375 g/mol. The molecule has 2 aliphatic heterocycles. The number of carbonyl (C=O) groups is 1. The van der Waals surface area contributed by atoms with E-state index in [1.807, 2.05) is 6.07 Å². The third-order valence-corrected chi connectivity index (χ3v) is 5.51. The van der Waals surface area contributed by atoms with Crippen molar-refractivity contribution in [2.75, 3.05) is 35.2 Å². The van der Waals surface area contributed by atoms with Crippen LogP contribution in [0, 0.1) is 5.92 Å². The molecular weight excluding hydrogens is 354 g/mol. The number of nitrogens with one attached hydrogen (secondary N) is 3. The minimum absolute atomic E-state index is 0.365. The van der Waals surface area contributed by atoms with E-state index in [0.29, 0.717) is 17.5 Å². The molecule has 8 heteroatoms. The molecule has 2 aromatic heterocycles. The molecule has 8 nitrogen and oxygen atoms in total. The first kappa shape index (κ1) is 16.9. The molecule has 0 saturated carbocycles. The fourth-order valence-corrected chi connectivity index (χ4v) is 4.14. The van der Waals surface area contributed by atoms with Crippen molar-refractivity contribution in [2.24, 2.45) is 5.92 Å². The van der Waals surface area contributed by atoms with Gasteiger partial charge in [-0.1, -0.05) is 0 Å². The van der Waals surface area contributed by atoms with E-state index in [-0.39, 0.29) is 6.03 Å². The molecule has 3 N–H and O–H groups in total. The summed E-state index contributed by atoms with van der Waals surface area (Å²) >= 11 is 0. The van der Waals surface area contributed by atoms with Gasteiger partial charge in [0.25, 0.3) is 0 Å². The number of fused-ring (bicyclic) bond motifs is 2. The van der Waals surface area contributed by atoms with Crippen molar-refractivity contribution in [1.29, 1.82) is 0 Å². The van der Waals surface area contributed by atoms with E-state index in [1.165, 1.54) is 24.5 Å². The summed E-state index contributed by atoms with van der Waals surface area (Å²) in [5.41, 5.74) is 2.75. The minimum Gasteiger partial charge on any atom is -0.370 e. The molecular formula is C20H21N7O. The van der Waals surface area contributed by atoms with Crippen LogP contribution in [-0.4, -0.2) is 46.7 Å². The lowest BCUT2D eigenvalue weighted by atomic mass is 10.1. The summed E-state index contributed by atoms with van der Waals surface area (Å²) in [5, 5.41) is 10.0. The monoisotopic (exact) mass is 375 g/mol. The van der Waals surface area contributed by atoms with Crippen molar-refractivity contribution in [3.8, 4) is 0 Å². The third kappa shape index (κ3) is 3.22. The van der Waals surface area contributed by atoms with Gasteiger partial charge in [-0.05, 0) is 43.1 Å². The lowest BCUT2D eigenvalue weighted by Crippen LogP contribution is -2.30. The van der Waals surface area contributed by atoms with Crippen LogP contribution in [0.4, 0.5) is 22.0 Å². The van der Waals surface area contributed by atoms with Gasteiger partial charge in [0.05, 0.1) is 17.4 Å². The van der Waals surface area contributed by atoms with Gasteiger partial charge in [0.2, 0.25) is 0 Å². The van der Waals surface area contributed by atoms with Gasteiger partial charge in [-0.25, -0.2) is 9.78 Å². The summed E-state index contributed by atoms with van der Waals surface area (Å²) in [6.45, 7) is 3.25. The number of carbonyl (C=O) groups excluding carboxylic acids is 1. The Balaban J connectivity index is 1.35. The Labute approximate surface area is 162 Å². The van der Waals surface area contributed by atoms with E-state index in [0.717, 1.165) is 36.5 Å². The number of nitrogens with zero attached hydrogens (tertiary/aromatic N) is 4. The van der Waals surface area contributed by atoms with Crippen molar-refractivity contribution in [1.82, 2.24) is 20.3 Å². The second-order valence-electron chi connectivity index (χ2n) is 7.24. The van der Waals surface area contributed by atoms with Gasteiger partial charge in [-0.15, -0.1) is 0 Å². The number of rotatable bonds is 3. The van der Waals surface area contributed by atoms with E-state index >= 15 is 0 Å². The maximum absolute atomic E-state index is 12.3. The molecule has 28 heavy (non-hydrogen) atoms. The zero-order valence-electron chi connectivity index (χ0n) is 15.3. The average Bonchev–Trinajstić information content (AvgIpc) is 3.31. The summed E-state index contributed by atoms with van der Waals surface area (Å²) in [6, 6.07) is 8.26. The smallest absolute Gasteiger partial charge is 0.324 e. The van der Waals surface area contributed by atoms with Gasteiger partial charge >= 0.3 is 6.03 Å². The Hall–Kier alpha value is -3.26. The summed E-state index contributed by atoms with van der Waals surface area (Å²) in [4.78, 5) is 27.2. The van der Waals surface area contributed by atoms with Crippen LogP contribution in [-0.2, 0) is 0 Å². The largest absolute Gasteiger partial charge is 0.370 e. The molecule has 0 spiro atoms. The summed E-state index contributed by atoms with van der Waals surface area (Å²) in [6.07, 6.45) is 7.55. The van der Waals surface area contributed by atoms with Crippen LogP contribution in [0.1, 0.15) is 6.42 Å². The molecule has 2 amide bonds. The second-order valence-corrected chi connectivity index (χ2v) is 7.24. The van der Waals surface area contributed by atoms with Crippen molar-refractivity contribution in [2.45, 2.75) is 12.5 Å². The molecule has 3 aromatic rings. The van der Waals surface area contributed by atoms with Gasteiger partial charge in [0.15, 0.2) is 5.82 Å². The molecule has 1 aromatic carbocycles. The van der Waals surface area contributed by atoms with Crippen LogP contribution in [0.15, 0.2) is 49.1 Å². The molecule has 0 radical (unpaired) electrons. The van der Waals surface area contributed by atoms with Gasteiger partial charge in [-0.3, -0.25) is 15.3 Å². The maximum Gasteiger partial charge on any atom is 0.324 e. The zero-order valence-corrected chi connectivity index (χ0v) is 15.3. The van der Waals surface area contributed by atoms with Crippen LogP contribution < -0.4 is 20.9 Å². The van der Waals surface area contributed by atoms with Crippen LogP contribution in [0.25, 0.3) is 10.9 Å². The highest BCUT2D eigenvalue weighted by atomic mass is 16.2. The predicted octanol–water partition coefficient (Wildman–Crippen LogP) is 2.47. The number of benzene rings is 1. The number of hydrogen-bond donors (Lipinski definition) is 3. The molecule has 0 aliphatic carbocycles. The van der Waals surface area contributed by atoms with Crippen LogP contribution in [0.5, 0.6) is 0 Å². The van der Waals surface area contributed by atoms with Crippen LogP contribution in [0.3, 0.4) is 0 Å². The topological polar surface area (TPSA) is 95.1 Å². The SMILES string of the molecule is O=C(Nc1cnccn1)Nc1ccnc2cc(N3CC4CCNC4C3)ccc12. The molecule has 5 rings (SSSR count). The number of hydrogen-bond acceptors (Lipinski definition) is 6. The molecule has 0 bridgehead atoms. The highest BCUT2D eigenvalue weighted by Gasteiger charge is 2.35. The highest BCUT2D eigenvalue weighted by molar-refractivity contribution is 6.05.